The lowest BCUT2D eigenvalue weighted by Crippen LogP contribution is -2.29. The van der Waals surface area contributed by atoms with Gasteiger partial charge in [-0.15, -0.1) is 0 Å². The van der Waals surface area contributed by atoms with Gasteiger partial charge in [0.2, 0.25) is 0 Å². The van der Waals surface area contributed by atoms with Crippen molar-refractivity contribution in [3.63, 3.8) is 0 Å². The largest absolute Gasteiger partial charge is 0.379 e. The Labute approximate surface area is 104 Å². The Morgan fingerprint density at radius 2 is 1.82 bits per heavy atom. The molecule has 0 amide bonds. The molecule has 0 aromatic rings. The standard InChI is InChI=1S/C14H25NO2/c1-2-11(1)7-8-16-10-14-6-5-13(17-14)9-15-12-3-4-12/h11-15H,1-10H2. The maximum Gasteiger partial charge on any atom is 0.0813 e. The van der Waals surface area contributed by atoms with Gasteiger partial charge in [0, 0.05) is 19.2 Å². The van der Waals surface area contributed by atoms with Crippen molar-refractivity contribution in [3.8, 4) is 0 Å². The van der Waals surface area contributed by atoms with Crippen molar-refractivity contribution in [2.75, 3.05) is 19.8 Å². The first-order chi connectivity index (χ1) is 8.40. The molecule has 2 aliphatic carbocycles. The fraction of sp³-hybridized carbons (Fsp3) is 1.00. The smallest absolute Gasteiger partial charge is 0.0813 e. The van der Waals surface area contributed by atoms with E-state index in [1.807, 2.05) is 0 Å². The van der Waals surface area contributed by atoms with E-state index in [0.29, 0.717) is 12.2 Å². The van der Waals surface area contributed by atoms with E-state index in [9.17, 15) is 0 Å². The summed E-state index contributed by atoms with van der Waals surface area (Å²) in [5.41, 5.74) is 0. The van der Waals surface area contributed by atoms with Crippen molar-refractivity contribution < 1.29 is 9.47 Å². The zero-order chi connectivity index (χ0) is 11.5. The van der Waals surface area contributed by atoms with Gasteiger partial charge in [0.1, 0.15) is 0 Å². The predicted molar refractivity (Wildman–Crippen MR) is 67.1 cm³/mol. The van der Waals surface area contributed by atoms with Crippen LogP contribution < -0.4 is 5.32 Å². The summed E-state index contributed by atoms with van der Waals surface area (Å²) in [6.45, 7) is 2.80. The van der Waals surface area contributed by atoms with Gasteiger partial charge in [0.15, 0.2) is 0 Å². The van der Waals surface area contributed by atoms with Crippen LogP contribution in [0.4, 0.5) is 0 Å². The first kappa shape index (κ1) is 11.9. The Balaban J connectivity index is 1.22. The summed E-state index contributed by atoms with van der Waals surface area (Å²) in [6.07, 6.45) is 10.0. The van der Waals surface area contributed by atoms with Crippen LogP contribution in [0.1, 0.15) is 44.9 Å². The highest BCUT2D eigenvalue weighted by Crippen LogP contribution is 2.32. The fourth-order valence-corrected chi connectivity index (χ4v) is 2.51. The van der Waals surface area contributed by atoms with Gasteiger partial charge in [0.25, 0.3) is 0 Å². The highest BCUT2D eigenvalue weighted by atomic mass is 16.5. The van der Waals surface area contributed by atoms with Gasteiger partial charge in [-0.05, 0) is 38.0 Å². The lowest BCUT2D eigenvalue weighted by Gasteiger charge is -2.14. The molecule has 3 nitrogen and oxygen atoms in total. The third-order valence-electron chi connectivity index (χ3n) is 4.08. The van der Waals surface area contributed by atoms with Gasteiger partial charge in [0.05, 0.1) is 18.8 Å². The van der Waals surface area contributed by atoms with E-state index in [1.165, 1.54) is 44.9 Å². The summed E-state index contributed by atoms with van der Waals surface area (Å²) >= 11 is 0. The van der Waals surface area contributed by atoms with Crippen LogP contribution in [0.3, 0.4) is 0 Å². The Hall–Kier alpha value is -0.120. The first-order valence-corrected chi connectivity index (χ1v) is 7.37. The Morgan fingerprint density at radius 1 is 1.00 bits per heavy atom. The molecule has 0 aromatic heterocycles. The molecule has 2 atom stereocenters. The monoisotopic (exact) mass is 239 g/mol. The quantitative estimate of drug-likeness (QED) is 0.658. The predicted octanol–water partition coefficient (Wildman–Crippen LogP) is 2.10. The second-order valence-corrected chi connectivity index (χ2v) is 5.95. The molecule has 3 fully saturated rings. The summed E-state index contributed by atoms with van der Waals surface area (Å²) in [4.78, 5) is 0. The lowest BCUT2D eigenvalue weighted by atomic mass is 10.2. The molecule has 3 rings (SSSR count). The number of ether oxygens (including phenoxy) is 2. The molecular weight excluding hydrogens is 214 g/mol. The average Bonchev–Trinajstić information content (AvgIpc) is 3.24. The SMILES string of the molecule is C(CC1CC1)OCC1CCC(CNC2CC2)O1. The third kappa shape index (κ3) is 4.23. The van der Waals surface area contributed by atoms with Crippen LogP contribution in [0.2, 0.25) is 0 Å². The molecule has 2 saturated carbocycles. The molecular formula is C14H25NO2. The lowest BCUT2D eigenvalue weighted by molar-refractivity contribution is -0.0154. The molecule has 98 valence electrons. The number of hydrogen-bond acceptors (Lipinski definition) is 3. The van der Waals surface area contributed by atoms with Crippen LogP contribution in [0, 0.1) is 5.92 Å². The van der Waals surface area contributed by atoms with Gasteiger partial charge in [-0.3, -0.25) is 0 Å². The third-order valence-corrected chi connectivity index (χ3v) is 4.08. The van der Waals surface area contributed by atoms with E-state index in [2.05, 4.69) is 5.32 Å². The Bertz CT molecular complexity index is 238. The van der Waals surface area contributed by atoms with Crippen molar-refractivity contribution in [1.29, 1.82) is 0 Å². The summed E-state index contributed by atoms with van der Waals surface area (Å²) in [6, 6.07) is 0.799. The summed E-state index contributed by atoms with van der Waals surface area (Å²) in [5.74, 6) is 0.981. The van der Waals surface area contributed by atoms with Crippen LogP contribution in [-0.4, -0.2) is 38.0 Å². The van der Waals surface area contributed by atoms with Crippen molar-refractivity contribution in [2.45, 2.75) is 63.2 Å². The van der Waals surface area contributed by atoms with Gasteiger partial charge in [-0.25, -0.2) is 0 Å². The molecule has 3 aliphatic rings. The summed E-state index contributed by atoms with van der Waals surface area (Å²) in [7, 11) is 0. The van der Waals surface area contributed by atoms with E-state index >= 15 is 0 Å². The molecule has 1 aliphatic heterocycles. The Kier molecular flexibility index (Phi) is 3.99. The molecule has 3 heteroatoms. The van der Waals surface area contributed by atoms with E-state index in [0.717, 1.165) is 31.7 Å². The van der Waals surface area contributed by atoms with E-state index < -0.39 is 0 Å². The van der Waals surface area contributed by atoms with Gasteiger partial charge >= 0.3 is 0 Å². The highest BCUT2D eigenvalue weighted by Gasteiger charge is 2.28. The zero-order valence-electron chi connectivity index (χ0n) is 10.7. The molecule has 1 heterocycles. The minimum atomic E-state index is 0.361. The number of hydrogen-bond donors (Lipinski definition) is 1. The topological polar surface area (TPSA) is 30.5 Å². The van der Waals surface area contributed by atoms with E-state index in [4.69, 9.17) is 9.47 Å². The molecule has 1 saturated heterocycles. The average molecular weight is 239 g/mol. The van der Waals surface area contributed by atoms with Gasteiger partial charge in [-0.2, -0.15) is 0 Å². The number of nitrogens with one attached hydrogen (secondary N) is 1. The maximum atomic E-state index is 5.97. The van der Waals surface area contributed by atoms with Crippen LogP contribution in [-0.2, 0) is 9.47 Å². The van der Waals surface area contributed by atoms with E-state index in [1.54, 1.807) is 0 Å². The molecule has 0 aromatic carbocycles. The van der Waals surface area contributed by atoms with Crippen molar-refractivity contribution in [3.05, 3.63) is 0 Å². The first-order valence-electron chi connectivity index (χ1n) is 7.37. The zero-order valence-corrected chi connectivity index (χ0v) is 10.7. The van der Waals surface area contributed by atoms with Crippen LogP contribution in [0.5, 0.6) is 0 Å². The second-order valence-electron chi connectivity index (χ2n) is 5.95. The second kappa shape index (κ2) is 5.68. The fourth-order valence-electron chi connectivity index (χ4n) is 2.51. The summed E-state index contributed by atoms with van der Waals surface area (Å²) < 4.78 is 11.7. The van der Waals surface area contributed by atoms with Gasteiger partial charge < -0.3 is 14.8 Å². The Morgan fingerprint density at radius 3 is 2.59 bits per heavy atom. The normalized spacial score (nSPS) is 33.2. The minimum absolute atomic E-state index is 0.361. The number of rotatable bonds is 8. The van der Waals surface area contributed by atoms with Crippen molar-refractivity contribution in [2.24, 2.45) is 5.92 Å². The molecule has 0 spiro atoms. The maximum absolute atomic E-state index is 5.97. The minimum Gasteiger partial charge on any atom is -0.379 e. The van der Waals surface area contributed by atoms with Crippen LogP contribution >= 0.6 is 0 Å². The van der Waals surface area contributed by atoms with Crippen LogP contribution in [0.15, 0.2) is 0 Å². The van der Waals surface area contributed by atoms with E-state index in [-0.39, 0.29) is 0 Å². The summed E-state index contributed by atoms with van der Waals surface area (Å²) in [5, 5.41) is 3.54. The molecule has 17 heavy (non-hydrogen) atoms. The molecule has 2 unspecified atom stereocenters. The van der Waals surface area contributed by atoms with Crippen LogP contribution in [0.25, 0.3) is 0 Å². The van der Waals surface area contributed by atoms with Gasteiger partial charge in [-0.1, -0.05) is 12.8 Å². The highest BCUT2D eigenvalue weighted by molar-refractivity contribution is 4.84. The molecule has 1 N–H and O–H groups in total. The van der Waals surface area contributed by atoms with Crippen molar-refractivity contribution in [1.82, 2.24) is 5.32 Å². The molecule has 0 bridgehead atoms. The molecule has 0 radical (unpaired) electrons. The van der Waals surface area contributed by atoms with Crippen molar-refractivity contribution >= 4 is 0 Å².